The molecule has 100 valence electrons. The molecule has 4 heteroatoms. The lowest BCUT2D eigenvalue weighted by Crippen LogP contribution is -2.12. The van der Waals surface area contributed by atoms with Gasteiger partial charge in [0.2, 0.25) is 0 Å². The number of halogens is 1. The minimum absolute atomic E-state index is 0.317. The van der Waals surface area contributed by atoms with E-state index in [4.69, 9.17) is 11.5 Å². The molecule has 3 nitrogen and oxygen atoms in total. The van der Waals surface area contributed by atoms with E-state index in [0.717, 1.165) is 31.1 Å². The Bertz CT molecular complexity index is 571. The molecule has 0 aliphatic heterocycles. The first-order valence-corrected chi connectivity index (χ1v) is 6.33. The maximum Gasteiger partial charge on any atom is 0.139 e. The third kappa shape index (κ3) is 3.02. The number of allylic oxidation sites excluding steroid dienone is 2. The van der Waals surface area contributed by atoms with Crippen LogP contribution in [0.5, 0.6) is 0 Å². The summed E-state index contributed by atoms with van der Waals surface area (Å²) in [7, 11) is 0. The highest BCUT2D eigenvalue weighted by Crippen LogP contribution is 2.30. The van der Waals surface area contributed by atoms with Crippen molar-refractivity contribution in [3.63, 3.8) is 0 Å². The van der Waals surface area contributed by atoms with Crippen LogP contribution >= 0.6 is 0 Å². The van der Waals surface area contributed by atoms with Gasteiger partial charge in [-0.15, -0.1) is 0 Å². The lowest BCUT2D eigenvalue weighted by atomic mass is 10.1. The van der Waals surface area contributed by atoms with Gasteiger partial charge in [-0.3, -0.25) is 0 Å². The van der Waals surface area contributed by atoms with Crippen LogP contribution in [0.3, 0.4) is 0 Å². The van der Waals surface area contributed by atoms with Crippen molar-refractivity contribution in [3.8, 4) is 0 Å². The third-order valence-corrected chi connectivity index (χ3v) is 3.28. The summed E-state index contributed by atoms with van der Waals surface area (Å²) in [5, 5.41) is 0. The molecule has 0 saturated carbocycles. The molecule has 19 heavy (non-hydrogen) atoms. The summed E-state index contributed by atoms with van der Waals surface area (Å²) in [5.74, 6) is -0.203. The highest BCUT2D eigenvalue weighted by Gasteiger charge is 2.14. The van der Waals surface area contributed by atoms with Crippen molar-refractivity contribution in [1.82, 2.24) is 0 Å². The van der Waals surface area contributed by atoms with E-state index in [1.165, 1.54) is 17.2 Å². The summed E-state index contributed by atoms with van der Waals surface area (Å²) < 4.78 is 13.1. The smallest absolute Gasteiger partial charge is 0.139 e. The lowest BCUT2D eigenvalue weighted by molar-refractivity contribution is 0.662. The van der Waals surface area contributed by atoms with Crippen LogP contribution in [0.4, 0.5) is 10.1 Å². The zero-order valence-electron chi connectivity index (χ0n) is 11.0. The van der Waals surface area contributed by atoms with E-state index in [1.807, 2.05) is 12.1 Å². The third-order valence-electron chi connectivity index (χ3n) is 3.28. The van der Waals surface area contributed by atoms with Crippen molar-refractivity contribution in [2.24, 2.45) is 16.5 Å². The van der Waals surface area contributed by atoms with Gasteiger partial charge in [-0.2, -0.15) is 0 Å². The molecule has 1 aromatic carbocycles. The van der Waals surface area contributed by atoms with Crippen LogP contribution < -0.4 is 11.5 Å². The topological polar surface area (TPSA) is 64.4 Å². The van der Waals surface area contributed by atoms with Gasteiger partial charge in [0.15, 0.2) is 0 Å². The van der Waals surface area contributed by atoms with Crippen LogP contribution in [-0.2, 0) is 12.8 Å². The van der Waals surface area contributed by atoms with E-state index in [0.29, 0.717) is 11.4 Å². The van der Waals surface area contributed by atoms with Gasteiger partial charge in [-0.25, -0.2) is 9.38 Å². The first-order chi connectivity index (χ1) is 9.11. The van der Waals surface area contributed by atoms with Crippen molar-refractivity contribution in [2.75, 3.05) is 0 Å². The van der Waals surface area contributed by atoms with Crippen LogP contribution in [0.25, 0.3) is 0 Å². The van der Waals surface area contributed by atoms with Gasteiger partial charge in [0, 0.05) is 6.20 Å². The van der Waals surface area contributed by atoms with Gasteiger partial charge in [-0.05, 0) is 55.0 Å². The molecule has 0 fully saturated rings. The number of aryl methyl sites for hydroxylation is 1. The van der Waals surface area contributed by atoms with Crippen molar-refractivity contribution in [1.29, 1.82) is 0 Å². The molecule has 0 atom stereocenters. The van der Waals surface area contributed by atoms with Crippen molar-refractivity contribution < 1.29 is 4.39 Å². The maximum atomic E-state index is 13.1. The van der Waals surface area contributed by atoms with E-state index in [9.17, 15) is 4.39 Å². The lowest BCUT2D eigenvalue weighted by Gasteiger charge is -2.05. The molecule has 0 saturated heterocycles. The fourth-order valence-corrected chi connectivity index (χ4v) is 2.25. The van der Waals surface area contributed by atoms with Crippen molar-refractivity contribution in [2.45, 2.75) is 26.2 Å². The summed E-state index contributed by atoms with van der Waals surface area (Å²) in [6, 6.07) is 6.05. The molecule has 0 aromatic heterocycles. The normalized spacial score (nSPS) is 16.6. The maximum absolute atomic E-state index is 13.1. The Labute approximate surface area is 112 Å². The van der Waals surface area contributed by atoms with Gasteiger partial charge in [0.05, 0.1) is 5.69 Å². The molecule has 0 amide bonds. The highest BCUT2D eigenvalue weighted by molar-refractivity contribution is 5.98. The van der Waals surface area contributed by atoms with E-state index < -0.39 is 5.83 Å². The van der Waals surface area contributed by atoms with E-state index in [2.05, 4.69) is 11.1 Å². The van der Waals surface area contributed by atoms with E-state index >= 15 is 0 Å². The van der Waals surface area contributed by atoms with Gasteiger partial charge >= 0.3 is 0 Å². The Kier molecular flexibility index (Phi) is 4.00. The average molecular weight is 259 g/mol. The second-order valence-electron chi connectivity index (χ2n) is 4.64. The van der Waals surface area contributed by atoms with Crippen LogP contribution in [-0.4, -0.2) is 5.84 Å². The van der Waals surface area contributed by atoms with Crippen LogP contribution in [0.2, 0.25) is 0 Å². The standard InChI is InChI=1S/C15H18FN3/c1-10(8-12(16)9-17)15(18)19-14-7-3-5-11-4-2-6-13(11)14/h3,5,7-9H,2,4,6,17H2,1H3,(H2,18,19)/b10-8-,12-9-. The summed E-state index contributed by atoms with van der Waals surface area (Å²) in [6.07, 6.45) is 5.46. The number of fused-ring (bicyclic) bond motifs is 1. The molecule has 4 N–H and O–H groups in total. The van der Waals surface area contributed by atoms with Crippen molar-refractivity contribution >= 4 is 11.5 Å². The summed E-state index contributed by atoms with van der Waals surface area (Å²) in [6.45, 7) is 1.71. The van der Waals surface area contributed by atoms with Gasteiger partial charge in [0.25, 0.3) is 0 Å². The molecule has 0 radical (unpaired) electrons. The number of nitrogens with zero attached hydrogens (tertiary/aromatic N) is 1. The first kappa shape index (κ1) is 13.3. The number of hydrogen-bond donors (Lipinski definition) is 2. The number of hydrogen-bond acceptors (Lipinski definition) is 2. The van der Waals surface area contributed by atoms with E-state index in [-0.39, 0.29) is 0 Å². The van der Waals surface area contributed by atoms with E-state index in [1.54, 1.807) is 6.92 Å². The first-order valence-electron chi connectivity index (χ1n) is 6.33. The number of rotatable bonds is 3. The minimum Gasteiger partial charge on any atom is -0.402 e. The Hall–Kier alpha value is -2.10. The number of aliphatic imine (C=N–C) groups is 1. The Balaban J connectivity index is 2.32. The molecular weight excluding hydrogens is 241 g/mol. The largest absolute Gasteiger partial charge is 0.402 e. The molecule has 0 unspecified atom stereocenters. The monoisotopic (exact) mass is 259 g/mol. The zero-order chi connectivity index (χ0) is 13.8. The molecule has 1 aliphatic carbocycles. The molecule has 1 aromatic rings. The van der Waals surface area contributed by atoms with Crippen LogP contribution in [0.15, 0.2) is 46.9 Å². The predicted octanol–water partition coefficient (Wildman–Crippen LogP) is 2.88. The Morgan fingerprint density at radius 3 is 2.89 bits per heavy atom. The average Bonchev–Trinajstić information content (AvgIpc) is 2.87. The summed E-state index contributed by atoms with van der Waals surface area (Å²) in [4.78, 5) is 4.41. The fraction of sp³-hybridized carbons (Fsp3) is 0.267. The zero-order valence-corrected chi connectivity index (χ0v) is 11.0. The second kappa shape index (κ2) is 5.69. The molecule has 0 spiro atoms. The van der Waals surface area contributed by atoms with Gasteiger partial charge < -0.3 is 11.5 Å². The molecule has 0 bridgehead atoms. The molecule has 0 heterocycles. The SMILES string of the molecule is C/C(=C/C(F)=C/N)C(N)=Nc1cccc2c1CCC2. The highest BCUT2D eigenvalue weighted by atomic mass is 19.1. The molecule has 1 aliphatic rings. The van der Waals surface area contributed by atoms with Crippen LogP contribution in [0.1, 0.15) is 24.5 Å². The number of nitrogens with two attached hydrogens (primary N) is 2. The minimum atomic E-state index is -0.519. The van der Waals surface area contributed by atoms with Gasteiger partial charge in [-0.1, -0.05) is 12.1 Å². The summed E-state index contributed by atoms with van der Waals surface area (Å²) in [5.41, 5.74) is 15.0. The molecule has 2 rings (SSSR count). The number of amidine groups is 1. The predicted molar refractivity (Wildman–Crippen MR) is 76.9 cm³/mol. The Morgan fingerprint density at radius 2 is 2.16 bits per heavy atom. The Morgan fingerprint density at radius 1 is 1.37 bits per heavy atom. The summed E-state index contributed by atoms with van der Waals surface area (Å²) >= 11 is 0. The molecular formula is C15H18FN3. The fourth-order valence-electron chi connectivity index (χ4n) is 2.25. The second-order valence-corrected chi connectivity index (χ2v) is 4.64. The number of benzene rings is 1. The van der Waals surface area contributed by atoms with Gasteiger partial charge in [0.1, 0.15) is 11.7 Å². The van der Waals surface area contributed by atoms with Crippen LogP contribution in [0, 0.1) is 0 Å². The van der Waals surface area contributed by atoms with Crippen molar-refractivity contribution in [3.05, 3.63) is 53.0 Å². The quantitative estimate of drug-likeness (QED) is 0.498.